The minimum absolute atomic E-state index is 0. The summed E-state index contributed by atoms with van der Waals surface area (Å²) < 4.78 is 4.99. The third-order valence-electron chi connectivity index (χ3n) is 3.22. The van der Waals surface area contributed by atoms with Gasteiger partial charge in [0.05, 0.1) is 6.26 Å². The molecule has 0 aliphatic heterocycles. The first kappa shape index (κ1) is 20.5. The first-order chi connectivity index (χ1) is 9.77. The lowest BCUT2D eigenvalue weighted by molar-refractivity contribution is -0.124. The predicted octanol–water partition coefficient (Wildman–Crippen LogP) is 1.70. The van der Waals surface area contributed by atoms with Crippen LogP contribution in [-0.2, 0) is 4.79 Å². The normalized spacial score (nSPS) is 14.6. The monoisotopic (exact) mass is 331 g/mol. The topological polar surface area (TPSA) is 97.4 Å². The standard InChI is InChI=1S/C15H25N3O3.ClH/c1-10(2)8-15(4,9-16)18-13(19)11(3)17-14(20)12-6-5-7-21-12;/h5-7,10-11H,8-9,16H2,1-4H3,(H,17,20)(H,18,19);1H. The zero-order chi connectivity index (χ0) is 16.0. The molecule has 1 heterocycles. The molecule has 2 atom stereocenters. The Bertz CT molecular complexity index is 476. The van der Waals surface area contributed by atoms with Gasteiger partial charge in [-0.15, -0.1) is 12.4 Å². The Labute approximate surface area is 137 Å². The van der Waals surface area contributed by atoms with E-state index < -0.39 is 17.5 Å². The summed E-state index contributed by atoms with van der Waals surface area (Å²) in [6, 6.07) is 2.50. The zero-order valence-electron chi connectivity index (χ0n) is 13.5. The molecule has 0 spiro atoms. The zero-order valence-corrected chi connectivity index (χ0v) is 14.3. The average molecular weight is 332 g/mol. The molecule has 0 aromatic carbocycles. The lowest BCUT2D eigenvalue weighted by atomic mass is 9.90. The van der Waals surface area contributed by atoms with Crippen LogP contribution in [0.1, 0.15) is 44.7 Å². The molecular formula is C15H26ClN3O3. The van der Waals surface area contributed by atoms with Gasteiger partial charge in [-0.2, -0.15) is 0 Å². The highest BCUT2D eigenvalue weighted by molar-refractivity contribution is 5.95. The van der Waals surface area contributed by atoms with Crippen LogP contribution >= 0.6 is 12.4 Å². The Morgan fingerprint density at radius 3 is 2.45 bits per heavy atom. The van der Waals surface area contributed by atoms with Crippen molar-refractivity contribution in [2.45, 2.75) is 45.7 Å². The fraction of sp³-hybridized carbons (Fsp3) is 0.600. The number of carbonyl (C=O) groups is 2. The molecule has 1 aromatic heterocycles. The molecule has 0 aliphatic carbocycles. The minimum atomic E-state index is -0.666. The maximum Gasteiger partial charge on any atom is 0.287 e. The number of amides is 2. The molecule has 1 rings (SSSR count). The second-order valence-corrected chi connectivity index (χ2v) is 6.02. The van der Waals surface area contributed by atoms with Gasteiger partial charge in [0, 0.05) is 12.1 Å². The molecule has 0 saturated carbocycles. The van der Waals surface area contributed by atoms with Crippen LogP contribution in [0.2, 0.25) is 0 Å². The summed E-state index contributed by atoms with van der Waals surface area (Å²) in [4.78, 5) is 24.0. The van der Waals surface area contributed by atoms with E-state index in [1.165, 1.54) is 6.26 Å². The van der Waals surface area contributed by atoms with Gasteiger partial charge in [-0.25, -0.2) is 0 Å². The first-order valence-electron chi connectivity index (χ1n) is 7.14. The van der Waals surface area contributed by atoms with E-state index in [4.69, 9.17) is 10.2 Å². The predicted molar refractivity (Wildman–Crippen MR) is 87.9 cm³/mol. The Morgan fingerprint density at radius 1 is 1.36 bits per heavy atom. The van der Waals surface area contributed by atoms with E-state index in [2.05, 4.69) is 24.5 Å². The van der Waals surface area contributed by atoms with Gasteiger partial charge in [-0.1, -0.05) is 13.8 Å². The number of rotatable bonds is 7. The third-order valence-corrected chi connectivity index (χ3v) is 3.22. The van der Waals surface area contributed by atoms with Crippen LogP contribution in [0.4, 0.5) is 0 Å². The number of furan rings is 1. The lowest BCUT2D eigenvalue weighted by Gasteiger charge is -2.32. The summed E-state index contributed by atoms with van der Waals surface area (Å²) >= 11 is 0. The molecule has 0 saturated heterocycles. The summed E-state index contributed by atoms with van der Waals surface area (Å²) in [6.07, 6.45) is 2.18. The van der Waals surface area contributed by atoms with E-state index >= 15 is 0 Å². The Balaban J connectivity index is 0.00000441. The van der Waals surface area contributed by atoms with Crippen LogP contribution in [0.25, 0.3) is 0 Å². The smallest absolute Gasteiger partial charge is 0.287 e. The summed E-state index contributed by atoms with van der Waals surface area (Å²) in [6.45, 7) is 8.02. The number of hydrogen-bond acceptors (Lipinski definition) is 4. The van der Waals surface area contributed by atoms with Gasteiger partial charge in [0.25, 0.3) is 5.91 Å². The van der Waals surface area contributed by atoms with Gasteiger partial charge in [0.2, 0.25) is 5.91 Å². The Kier molecular flexibility index (Phi) is 8.19. The summed E-state index contributed by atoms with van der Waals surface area (Å²) in [5.74, 6) is -0.0882. The molecule has 0 bridgehead atoms. The SMILES string of the molecule is CC(C)CC(C)(CN)NC(=O)C(C)NC(=O)c1ccco1.Cl. The molecule has 2 amide bonds. The fourth-order valence-electron chi connectivity index (χ4n) is 2.23. The Morgan fingerprint density at radius 2 is 2.00 bits per heavy atom. The summed E-state index contributed by atoms with van der Waals surface area (Å²) in [5.41, 5.74) is 5.29. The number of nitrogens with two attached hydrogens (primary N) is 1. The van der Waals surface area contributed by atoms with Gasteiger partial charge in [0.15, 0.2) is 5.76 Å². The van der Waals surface area contributed by atoms with Crippen LogP contribution in [0.5, 0.6) is 0 Å². The van der Waals surface area contributed by atoms with Crippen molar-refractivity contribution >= 4 is 24.2 Å². The lowest BCUT2D eigenvalue weighted by Crippen LogP contribution is -2.57. The van der Waals surface area contributed by atoms with Crippen molar-refractivity contribution in [3.63, 3.8) is 0 Å². The van der Waals surface area contributed by atoms with Crippen molar-refractivity contribution in [2.75, 3.05) is 6.54 Å². The molecule has 2 unspecified atom stereocenters. The number of hydrogen-bond donors (Lipinski definition) is 3. The van der Waals surface area contributed by atoms with Crippen molar-refractivity contribution in [3.8, 4) is 0 Å². The molecule has 7 heteroatoms. The molecule has 0 fully saturated rings. The highest BCUT2D eigenvalue weighted by Crippen LogP contribution is 2.15. The van der Waals surface area contributed by atoms with Crippen molar-refractivity contribution in [3.05, 3.63) is 24.2 Å². The second kappa shape index (κ2) is 8.80. The molecule has 4 N–H and O–H groups in total. The van der Waals surface area contributed by atoms with Crippen LogP contribution in [-0.4, -0.2) is 29.9 Å². The first-order valence-corrected chi connectivity index (χ1v) is 7.14. The number of nitrogens with one attached hydrogen (secondary N) is 2. The van der Waals surface area contributed by atoms with Gasteiger partial charge in [-0.3, -0.25) is 9.59 Å². The van der Waals surface area contributed by atoms with E-state index in [-0.39, 0.29) is 24.1 Å². The van der Waals surface area contributed by atoms with E-state index in [0.29, 0.717) is 12.5 Å². The molecule has 0 aliphatic rings. The molecule has 0 radical (unpaired) electrons. The maximum atomic E-state index is 12.2. The molecule has 22 heavy (non-hydrogen) atoms. The van der Waals surface area contributed by atoms with Crippen LogP contribution < -0.4 is 16.4 Å². The largest absolute Gasteiger partial charge is 0.459 e. The van der Waals surface area contributed by atoms with Crippen LogP contribution in [0.3, 0.4) is 0 Å². The van der Waals surface area contributed by atoms with Gasteiger partial charge >= 0.3 is 0 Å². The maximum absolute atomic E-state index is 12.2. The van der Waals surface area contributed by atoms with E-state index in [9.17, 15) is 9.59 Å². The summed E-state index contributed by atoms with van der Waals surface area (Å²) in [7, 11) is 0. The second-order valence-electron chi connectivity index (χ2n) is 6.02. The minimum Gasteiger partial charge on any atom is -0.459 e. The van der Waals surface area contributed by atoms with Crippen LogP contribution in [0, 0.1) is 5.92 Å². The number of halogens is 1. The molecule has 1 aromatic rings. The van der Waals surface area contributed by atoms with E-state index in [1.807, 2.05) is 6.92 Å². The molecular weight excluding hydrogens is 306 g/mol. The Hall–Kier alpha value is -1.53. The van der Waals surface area contributed by atoms with Gasteiger partial charge in [0.1, 0.15) is 6.04 Å². The van der Waals surface area contributed by atoms with Gasteiger partial charge < -0.3 is 20.8 Å². The average Bonchev–Trinajstić information content (AvgIpc) is 2.91. The highest BCUT2D eigenvalue weighted by Gasteiger charge is 2.28. The van der Waals surface area contributed by atoms with E-state index in [1.54, 1.807) is 19.1 Å². The van der Waals surface area contributed by atoms with Crippen molar-refractivity contribution in [1.29, 1.82) is 0 Å². The quantitative estimate of drug-likeness (QED) is 0.708. The van der Waals surface area contributed by atoms with Gasteiger partial charge in [-0.05, 0) is 38.3 Å². The van der Waals surface area contributed by atoms with Crippen LogP contribution in [0.15, 0.2) is 22.8 Å². The summed E-state index contributed by atoms with van der Waals surface area (Å²) in [5, 5.41) is 5.51. The highest BCUT2D eigenvalue weighted by atomic mass is 35.5. The van der Waals surface area contributed by atoms with Crippen molar-refractivity contribution < 1.29 is 14.0 Å². The molecule has 6 nitrogen and oxygen atoms in total. The van der Waals surface area contributed by atoms with Crippen molar-refractivity contribution in [1.82, 2.24) is 10.6 Å². The third kappa shape index (κ3) is 6.07. The van der Waals surface area contributed by atoms with Crippen molar-refractivity contribution in [2.24, 2.45) is 11.7 Å². The molecule has 126 valence electrons. The fourth-order valence-corrected chi connectivity index (χ4v) is 2.23. The van der Waals surface area contributed by atoms with E-state index in [0.717, 1.165) is 6.42 Å². The number of carbonyl (C=O) groups excluding carboxylic acids is 2.